The smallest absolute Gasteiger partial charge is 0.419 e. The van der Waals surface area contributed by atoms with Crippen molar-refractivity contribution in [2.45, 2.75) is 51.4 Å². The van der Waals surface area contributed by atoms with Gasteiger partial charge >= 0.3 is 6.18 Å². The van der Waals surface area contributed by atoms with Crippen molar-refractivity contribution < 1.29 is 31.8 Å². The lowest BCUT2D eigenvalue weighted by Crippen LogP contribution is -2.16. The summed E-state index contributed by atoms with van der Waals surface area (Å²) in [4.78, 5) is 8.85. The third-order valence-electron chi connectivity index (χ3n) is 5.99. The number of hydrogen-bond donors (Lipinski definition) is 1. The zero-order chi connectivity index (χ0) is 25.4. The van der Waals surface area contributed by atoms with Crippen LogP contribution in [0, 0.1) is 12.7 Å². The van der Waals surface area contributed by atoms with Crippen molar-refractivity contribution in [3.63, 3.8) is 0 Å². The van der Waals surface area contributed by atoms with Crippen molar-refractivity contribution in [3.05, 3.63) is 53.1 Å². The van der Waals surface area contributed by atoms with Gasteiger partial charge in [-0.05, 0) is 45.7 Å². The van der Waals surface area contributed by atoms with Crippen molar-refractivity contribution in [1.82, 2.24) is 9.97 Å². The molecule has 0 saturated heterocycles. The quantitative estimate of drug-likeness (QED) is 0.282. The second-order valence-corrected chi connectivity index (χ2v) is 8.86. The second kappa shape index (κ2) is 9.49. The molecule has 3 aromatic rings. The summed E-state index contributed by atoms with van der Waals surface area (Å²) in [5.41, 5.74) is -0.952. The van der Waals surface area contributed by atoms with Gasteiger partial charge in [0, 0.05) is 17.0 Å². The molecule has 1 N–H and O–H groups in total. The third-order valence-corrected chi connectivity index (χ3v) is 5.99. The van der Waals surface area contributed by atoms with Crippen LogP contribution in [0.2, 0.25) is 0 Å². The largest absolute Gasteiger partial charge is 0.493 e. The monoisotopic (exact) mass is 493 g/mol. The van der Waals surface area contributed by atoms with Crippen molar-refractivity contribution in [3.8, 4) is 11.5 Å². The Morgan fingerprint density at radius 3 is 2.51 bits per heavy atom. The summed E-state index contributed by atoms with van der Waals surface area (Å²) in [6.07, 6.45) is -2.73. The van der Waals surface area contributed by atoms with Gasteiger partial charge in [-0.2, -0.15) is 13.2 Å². The van der Waals surface area contributed by atoms with Gasteiger partial charge in [0.1, 0.15) is 24.1 Å². The Labute approximate surface area is 200 Å². The van der Waals surface area contributed by atoms with E-state index in [4.69, 9.17) is 14.2 Å². The first-order chi connectivity index (χ1) is 16.5. The van der Waals surface area contributed by atoms with E-state index in [1.165, 1.54) is 19.2 Å². The van der Waals surface area contributed by atoms with E-state index in [1.807, 2.05) is 0 Å². The molecule has 1 aromatic heterocycles. The number of hydrogen-bond acceptors (Lipinski definition) is 6. The maximum absolute atomic E-state index is 14.7. The first-order valence-corrected chi connectivity index (χ1v) is 11.3. The summed E-state index contributed by atoms with van der Waals surface area (Å²) in [5, 5.41) is 3.60. The van der Waals surface area contributed by atoms with Crippen LogP contribution in [0.4, 0.5) is 23.4 Å². The summed E-state index contributed by atoms with van der Waals surface area (Å²) in [5.74, 6) is 0.365. The van der Waals surface area contributed by atoms with Gasteiger partial charge in [0.25, 0.3) is 0 Å². The number of nitrogens with zero attached hydrogens (tertiary/aromatic N) is 2. The van der Waals surface area contributed by atoms with Gasteiger partial charge in [-0.25, -0.2) is 14.4 Å². The normalized spacial score (nSPS) is 15.7. The lowest BCUT2D eigenvalue weighted by molar-refractivity contribution is -0.140. The minimum atomic E-state index is -4.79. The van der Waals surface area contributed by atoms with Crippen LogP contribution in [-0.4, -0.2) is 35.9 Å². The lowest BCUT2D eigenvalue weighted by atomic mass is 10.0. The van der Waals surface area contributed by atoms with Gasteiger partial charge in [0.05, 0.1) is 36.4 Å². The maximum atomic E-state index is 14.7. The van der Waals surface area contributed by atoms with Crippen LogP contribution < -0.4 is 14.8 Å². The molecule has 1 aliphatic rings. The Bertz CT molecular complexity index is 1230. The number of methoxy groups -OCH3 is 1. The Hall–Kier alpha value is -3.14. The zero-order valence-corrected chi connectivity index (χ0v) is 19.9. The van der Waals surface area contributed by atoms with E-state index in [-0.39, 0.29) is 11.2 Å². The van der Waals surface area contributed by atoms with Crippen molar-refractivity contribution in [2.24, 2.45) is 0 Å². The van der Waals surface area contributed by atoms with Gasteiger partial charge < -0.3 is 19.5 Å². The molecule has 35 heavy (non-hydrogen) atoms. The Morgan fingerprint density at radius 2 is 1.86 bits per heavy atom. The summed E-state index contributed by atoms with van der Waals surface area (Å²) < 4.78 is 71.4. The average molecular weight is 494 g/mol. The number of alkyl halides is 3. The van der Waals surface area contributed by atoms with Gasteiger partial charge in [0.2, 0.25) is 0 Å². The van der Waals surface area contributed by atoms with Crippen molar-refractivity contribution in [2.75, 3.05) is 25.6 Å². The Kier molecular flexibility index (Phi) is 6.77. The van der Waals surface area contributed by atoms with Crippen molar-refractivity contribution in [1.29, 1.82) is 0 Å². The fraction of sp³-hybridized carbons (Fsp3) is 0.440. The third kappa shape index (κ3) is 5.58. The number of rotatable bonds is 9. The molecule has 10 heteroatoms. The van der Waals surface area contributed by atoms with Gasteiger partial charge in [-0.3, -0.25) is 0 Å². The van der Waals surface area contributed by atoms with Crippen LogP contribution >= 0.6 is 0 Å². The Balaban J connectivity index is 1.63. The number of nitrogens with one attached hydrogen (secondary N) is 1. The molecule has 6 nitrogen and oxygen atoms in total. The molecule has 0 unspecified atom stereocenters. The van der Waals surface area contributed by atoms with Gasteiger partial charge in [0.15, 0.2) is 11.5 Å². The molecule has 0 amide bonds. The van der Waals surface area contributed by atoms with E-state index in [0.717, 1.165) is 18.9 Å². The van der Waals surface area contributed by atoms with Crippen LogP contribution in [-0.2, 0) is 10.9 Å². The van der Waals surface area contributed by atoms with Gasteiger partial charge in [-0.15, -0.1) is 0 Å². The molecule has 1 atom stereocenters. The molecule has 0 bridgehead atoms. The van der Waals surface area contributed by atoms with E-state index < -0.39 is 23.6 Å². The summed E-state index contributed by atoms with van der Waals surface area (Å²) >= 11 is 0. The molecule has 0 aliphatic heterocycles. The molecular formula is C25H27F4N3O3. The Morgan fingerprint density at radius 1 is 1.11 bits per heavy atom. The number of aryl methyl sites for hydroxylation is 1. The predicted molar refractivity (Wildman–Crippen MR) is 123 cm³/mol. The van der Waals surface area contributed by atoms with E-state index in [1.54, 1.807) is 26.0 Å². The number of fused-ring (bicyclic) bond motifs is 1. The highest BCUT2D eigenvalue weighted by molar-refractivity contribution is 5.92. The van der Waals surface area contributed by atoms with Crippen LogP contribution in [0.3, 0.4) is 0 Å². The first-order valence-electron chi connectivity index (χ1n) is 11.3. The molecule has 4 rings (SSSR count). The molecular weight excluding hydrogens is 466 g/mol. The van der Waals surface area contributed by atoms with Crippen LogP contribution in [0.15, 0.2) is 30.3 Å². The number of benzene rings is 2. The lowest BCUT2D eigenvalue weighted by Gasteiger charge is -2.20. The van der Waals surface area contributed by atoms with Crippen LogP contribution in [0.25, 0.3) is 10.9 Å². The molecule has 0 spiro atoms. The minimum absolute atomic E-state index is 0.0614. The van der Waals surface area contributed by atoms with Crippen LogP contribution in [0.5, 0.6) is 11.5 Å². The van der Waals surface area contributed by atoms with E-state index >= 15 is 0 Å². The number of anilines is 1. The summed E-state index contributed by atoms with van der Waals surface area (Å²) in [6, 6.07) is 5.81. The number of aromatic nitrogens is 2. The SMILES string of the molecule is COc1cc2nc(C)nc(N[C@H](C)c3cccc(C(F)(F)F)c3F)c2cc1OCCOC1(C)CC1. The summed E-state index contributed by atoms with van der Waals surface area (Å²) in [7, 11) is 1.52. The molecule has 1 aliphatic carbocycles. The molecule has 1 fully saturated rings. The van der Waals surface area contributed by atoms with Gasteiger partial charge in [-0.1, -0.05) is 12.1 Å². The number of ether oxygens (including phenoxy) is 3. The van der Waals surface area contributed by atoms with E-state index in [2.05, 4.69) is 22.2 Å². The first kappa shape index (κ1) is 25.0. The molecule has 1 saturated carbocycles. The highest BCUT2D eigenvalue weighted by Gasteiger charge is 2.38. The topological polar surface area (TPSA) is 65.5 Å². The predicted octanol–water partition coefficient (Wildman–Crippen LogP) is 6.23. The average Bonchev–Trinajstić information content (AvgIpc) is 3.52. The zero-order valence-electron chi connectivity index (χ0n) is 19.9. The fourth-order valence-corrected chi connectivity index (χ4v) is 3.78. The van der Waals surface area contributed by atoms with E-state index in [0.29, 0.717) is 47.3 Å². The molecule has 0 radical (unpaired) electrons. The van der Waals surface area contributed by atoms with Crippen molar-refractivity contribution >= 4 is 16.7 Å². The molecule has 1 heterocycles. The minimum Gasteiger partial charge on any atom is -0.493 e. The molecule has 2 aromatic carbocycles. The van der Waals surface area contributed by atoms with Crippen LogP contribution in [0.1, 0.15) is 49.7 Å². The van der Waals surface area contributed by atoms with E-state index in [9.17, 15) is 17.6 Å². The standard InChI is InChI=1S/C25H27F4N3O3/c1-14(16-6-5-7-18(22(16)26)25(27,28)29)30-23-17-12-21(34-10-11-35-24(3)8-9-24)20(33-4)13-19(17)31-15(2)32-23/h5-7,12-14H,8-11H2,1-4H3,(H,30,31,32)/t14-/m1/s1. The maximum Gasteiger partial charge on any atom is 0.419 e. The summed E-state index contributed by atoms with van der Waals surface area (Å²) in [6.45, 7) is 6.03. The fourth-order valence-electron chi connectivity index (χ4n) is 3.78. The second-order valence-electron chi connectivity index (χ2n) is 8.86. The number of halogens is 4. The highest BCUT2D eigenvalue weighted by Crippen LogP contribution is 2.39. The molecule has 188 valence electrons. The highest BCUT2D eigenvalue weighted by atomic mass is 19.4.